The Morgan fingerprint density at radius 3 is 2.72 bits per heavy atom. The molecule has 4 heteroatoms. The van der Waals surface area contributed by atoms with Gasteiger partial charge in [-0.1, -0.05) is 68.0 Å². The van der Waals surface area contributed by atoms with Crippen molar-refractivity contribution in [3.63, 3.8) is 0 Å². The van der Waals surface area contributed by atoms with E-state index in [9.17, 15) is 14.4 Å². The van der Waals surface area contributed by atoms with E-state index < -0.39 is 23.0 Å². The first kappa shape index (κ1) is 25.1. The summed E-state index contributed by atoms with van der Waals surface area (Å²) in [7, 11) is -0.965. The fraction of sp³-hybridized carbons (Fsp3) is 0.571. The molecule has 0 saturated heterocycles. The van der Waals surface area contributed by atoms with Crippen molar-refractivity contribution in [1.29, 1.82) is 0 Å². The summed E-state index contributed by atoms with van der Waals surface area (Å²) < 4.78 is 12.1. The summed E-state index contributed by atoms with van der Waals surface area (Å²) in [4.78, 5) is 0. The largest absolute Gasteiger partial charge is 0.393 e. The smallest absolute Gasteiger partial charge is 0.0811 e. The lowest BCUT2D eigenvalue weighted by atomic mass is 9.65. The molecular formula is C28H40O3S. The lowest BCUT2D eigenvalue weighted by Gasteiger charge is -2.39. The predicted molar refractivity (Wildman–Crippen MR) is 135 cm³/mol. The van der Waals surface area contributed by atoms with Crippen LogP contribution in [0.5, 0.6) is 0 Å². The monoisotopic (exact) mass is 456 g/mol. The fourth-order valence-corrected chi connectivity index (χ4v) is 6.00. The molecule has 3 aliphatic rings. The van der Waals surface area contributed by atoms with Crippen molar-refractivity contribution in [2.45, 2.75) is 83.7 Å². The Morgan fingerprint density at radius 2 is 2.03 bits per heavy atom. The minimum Gasteiger partial charge on any atom is -0.393 e. The standard InChI is InChI=1S/C28H40O3S/c1-19(9-8-16-32(31)27(3,4)5)24-13-14-25-21(10-7-15-28(24,25)6)11-12-22-17-23(29)18-26(30)20(22)2/h7-8,11-13,15-16,19,23,25-26,29-30H,2,9-10,14,17-18H2,1,3-6H3/b16-8+,21-11+,22-12-/t19-,23-,25+,26+,28?,32?/m1/s1. The molecule has 0 radical (unpaired) electrons. The number of hydrogen-bond acceptors (Lipinski definition) is 3. The molecule has 1 fully saturated rings. The second kappa shape index (κ2) is 9.79. The molecule has 0 aromatic rings. The van der Waals surface area contributed by atoms with Crippen molar-refractivity contribution in [2.24, 2.45) is 17.3 Å². The van der Waals surface area contributed by atoms with Crippen LogP contribution in [0.2, 0.25) is 0 Å². The molecule has 0 spiro atoms. The van der Waals surface area contributed by atoms with E-state index in [1.165, 1.54) is 11.1 Å². The third-order valence-electron chi connectivity index (χ3n) is 7.29. The number of rotatable bonds is 5. The van der Waals surface area contributed by atoms with Gasteiger partial charge < -0.3 is 10.2 Å². The van der Waals surface area contributed by atoms with Crippen molar-refractivity contribution in [2.75, 3.05) is 0 Å². The van der Waals surface area contributed by atoms with Crippen LogP contribution in [0.1, 0.15) is 66.7 Å². The lowest BCUT2D eigenvalue weighted by Crippen LogP contribution is -2.29. The highest BCUT2D eigenvalue weighted by Crippen LogP contribution is 2.54. The maximum atomic E-state index is 12.3. The van der Waals surface area contributed by atoms with E-state index in [0.29, 0.717) is 24.7 Å². The van der Waals surface area contributed by atoms with Gasteiger partial charge in [-0.05, 0) is 74.8 Å². The van der Waals surface area contributed by atoms with Gasteiger partial charge in [-0.15, -0.1) is 0 Å². The molecule has 0 amide bonds. The predicted octanol–water partition coefficient (Wildman–Crippen LogP) is 5.91. The van der Waals surface area contributed by atoms with Crippen LogP contribution in [0, 0.1) is 17.3 Å². The Balaban J connectivity index is 1.74. The van der Waals surface area contributed by atoms with Gasteiger partial charge in [-0.2, -0.15) is 0 Å². The highest BCUT2D eigenvalue weighted by atomic mass is 32.2. The van der Waals surface area contributed by atoms with Gasteiger partial charge in [0.25, 0.3) is 0 Å². The maximum absolute atomic E-state index is 12.3. The van der Waals surface area contributed by atoms with E-state index in [1.54, 1.807) is 0 Å². The molecule has 0 aromatic carbocycles. The van der Waals surface area contributed by atoms with Gasteiger partial charge in [0.05, 0.1) is 23.0 Å². The Bertz CT molecular complexity index is 911. The number of aliphatic hydroxyl groups is 2. The third kappa shape index (κ3) is 5.35. The van der Waals surface area contributed by atoms with Gasteiger partial charge in [-0.25, -0.2) is 0 Å². The first-order chi connectivity index (χ1) is 14.9. The van der Waals surface area contributed by atoms with Gasteiger partial charge >= 0.3 is 0 Å². The van der Waals surface area contributed by atoms with Gasteiger partial charge in [0, 0.05) is 16.6 Å². The Kier molecular flexibility index (Phi) is 7.69. The Morgan fingerprint density at radius 1 is 1.31 bits per heavy atom. The molecule has 0 aliphatic heterocycles. The quantitative estimate of drug-likeness (QED) is 0.506. The van der Waals surface area contributed by atoms with Crippen LogP contribution < -0.4 is 0 Å². The molecule has 32 heavy (non-hydrogen) atoms. The summed E-state index contributed by atoms with van der Waals surface area (Å²) in [5, 5.41) is 22.0. The van der Waals surface area contributed by atoms with Crippen molar-refractivity contribution in [3.05, 3.63) is 70.7 Å². The van der Waals surface area contributed by atoms with Crippen LogP contribution in [0.4, 0.5) is 0 Å². The van der Waals surface area contributed by atoms with Crippen LogP contribution in [0.3, 0.4) is 0 Å². The van der Waals surface area contributed by atoms with Crippen LogP contribution in [0.25, 0.3) is 0 Å². The zero-order chi connectivity index (χ0) is 23.7. The average molecular weight is 457 g/mol. The summed E-state index contributed by atoms with van der Waals surface area (Å²) in [6.07, 6.45) is 16.0. The van der Waals surface area contributed by atoms with Crippen molar-refractivity contribution < 1.29 is 14.4 Å². The van der Waals surface area contributed by atoms with Gasteiger partial charge in [0.2, 0.25) is 0 Å². The molecule has 0 aromatic heterocycles. The summed E-state index contributed by atoms with van der Waals surface area (Å²) in [6, 6.07) is 0. The molecule has 3 aliphatic carbocycles. The molecule has 2 unspecified atom stereocenters. The van der Waals surface area contributed by atoms with Crippen LogP contribution >= 0.6 is 0 Å². The molecule has 2 N–H and O–H groups in total. The molecule has 3 nitrogen and oxygen atoms in total. The summed E-state index contributed by atoms with van der Waals surface area (Å²) in [5.41, 5.74) is 4.56. The number of allylic oxidation sites excluding steroid dienone is 8. The fourth-order valence-electron chi connectivity index (χ4n) is 5.30. The number of hydrogen-bond donors (Lipinski definition) is 2. The minimum absolute atomic E-state index is 0.00161. The molecular weight excluding hydrogens is 416 g/mol. The molecule has 1 saturated carbocycles. The van der Waals surface area contributed by atoms with Crippen molar-refractivity contribution >= 4 is 10.8 Å². The van der Waals surface area contributed by atoms with Crippen molar-refractivity contribution in [3.8, 4) is 0 Å². The van der Waals surface area contributed by atoms with E-state index in [4.69, 9.17) is 0 Å². The van der Waals surface area contributed by atoms with E-state index in [0.717, 1.165) is 30.4 Å². The SMILES string of the molecule is C=C1/C(=C\C=C2/CC=CC3(C)C([C@H](C)C/C=C/S(=O)C(C)(C)C)=CC[C@@H]23)C[C@@H](O)C[C@@H]1O. The highest BCUT2D eigenvalue weighted by Gasteiger charge is 2.43. The zero-order valence-corrected chi connectivity index (χ0v) is 21.1. The van der Waals surface area contributed by atoms with Crippen LogP contribution in [-0.2, 0) is 10.8 Å². The van der Waals surface area contributed by atoms with Crippen LogP contribution in [0.15, 0.2) is 70.7 Å². The van der Waals surface area contributed by atoms with E-state index in [2.05, 4.69) is 56.9 Å². The number of fused-ring (bicyclic) bond motifs is 1. The summed E-state index contributed by atoms with van der Waals surface area (Å²) in [5.74, 6) is 0.824. The molecule has 6 atom stereocenters. The summed E-state index contributed by atoms with van der Waals surface area (Å²) >= 11 is 0. The van der Waals surface area contributed by atoms with Crippen molar-refractivity contribution in [1.82, 2.24) is 0 Å². The normalized spacial score (nSPS) is 35.4. The van der Waals surface area contributed by atoms with E-state index in [1.807, 2.05) is 26.2 Å². The molecule has 3 rings (SSSR count). The zero-order valence-electron chi connectivity index (χ0n) is 20.3. The van der Waals surface area contributed by atoms with Crippen LogP contribution in [-0.4, -0.2) is 31.4 Å². The van der Waals surface area contributed by atoms with E-state index in [-0.39, 0.29) is 10.2 Å². The topological polar surface area (TPSA) is 57.5 Å². The first-order valence-corrected chi connectivity index (χ1v) is 13.0. The van der Waals surface area contributed by atoms with Gasteiger partial charge in [-0.3, -0.25) is 4.21 Å². The second-order valence-electron chi connectivity index (χ2n) is 10.8. The van der Waals surface area contributed by atoms with Gasteiger partial charge in [0.1, 0.15) is 0 Å². The lowest BCUT2D eigenvalue weighted by molar-refractivity contribution is 0.0862. The summed E-state index contributed by atoms with van der Waals surface area (Å²) in [6.45, 7) is 14.7. The second-order valence-corrected chi connectivity index (χ2v) is 12.9. The molecule has 0 bridgehead atoms. The third-order valence-corrected chi connectivity index (χ3v) is 8.94. The highest BCUT2D eigenvalue weighted by molar-refractivity contribution is 7.89. The Labute approximate surface area is 196 Å². The maximum Gasteiger partial charge on any atom is 0.0811 e. The average Bonchev–Trinajstić information content (AvgIpc) is 3.06. The van der Waals surface area contributed by atoms with Gasteiger partial charge in [0.15, 0.2) is 0 Å². The number of aliphatic hydroxyl groups excluding tert-OH is 2. The molecule has 176 valence electrons. The molecule has 0 heterocycles. The first-order valence-electron chi connectivity index (χ1n) is 11.8. The van der Waals surface area contributed by atoms with E-state index >= 15 is 0 Å². The Hall–Kier alpha value is -1.49. The minimum atomic E-state index is -0.965.